The van der Waals surface area contributed by atoms with Crippen molar-refractivity contribution >= 4 is 23.5 Å². The van der Waals surface area contributed by atoms with Crippen LogP contribution in [0.4, 0.5) is 0 Å². The molecule has 0 radical (unpaired) electrons. The van der Waals surface area contributed by atoms with Crippen molar-refractivity contribution in [3.8, 4) is 0 Å². The monoisotopic (exact) mass is 327 g/mol. The lowest BCUT2D eigenvalue weighted by Crippen LogP contribution is -2.22. The number of carbonyl (C=O) groups excluding carboxylic acids is 4. The Morgan fingerprint density at radius 2 is 1.67 bits per heavy atom. The molecule has 7 nitrogen and oxygen atoms in total. The van der Waals surface area contributed by atoms with Crippen molar-refractivity contribution < 1.29 is 28.7 Å². The largest absolute Gasteiger partial charge is 0.464 e. The summed E-state index contributed by atoms with van der Waals surface area (Å²) in [4.78, 5) is 52.2. The van der Waals surface area contributed by atoms with Crippen molar-refractivity contribution in [2.45, 2.75) is 6.92 Å². The van der Waals surface area contributed by atoms with Crippen LogP contribution >= 0.6 is 0 Å². The van der Waals surface area contributed by atoms with Gasteiger partial charge in [-0.25, -0.2) is 9.59 Å². The van der Waals surface area contributed by atoms with Gasteiger partial charge in [-0.15, -0.1) is 0 Å². The summed E-state index contributed by atoms with van der Waals surface area (Å²) in [6.45, 7) is 1.65. The van der Waals surface area contributed by atoms with E-state index < -0.39 is 23.5 Å². The third kappa shape index (κ3) is 2.13. The molecule has 0 amide bonds. The maximum Gasteiger partial charge on any atom is 0.355 e. The Morgan fingerprint density at radius 1 is 1.04 bits per heavy atom. The summed E-state index contributed by atoms with van der Waals surface area (Å²) >= 11 is 0. The summed E-state index contributed by atoms with van der Waals surface area (Å²) in [7, 11) is 1.13. The van der Waals surface area contributed by atoms with Gasteiger partial charge in [0.1, 0.15) is 11.3 Å². The summed E-state index contributed by atoms with van der Waals surface area (Å²) in [6, 6.07) is 6.26. The number of fused-ring (bicyclic) bond motifs is 2. The molecular weight excluding hydrogens is 314 g/mol. The van der Waals surface area contributed by atoms with Gasteiger partial charge < -0.3 is 14.5 Å². The number of benzene rings is 1. The molecule has 1 aliphatic carbocycles. The van der Waals surface area contributed by atoms with Crippen molar-refractivity contribution in [3.63, 3.8) is 0 Å². The summed E-state index contributed by atoms with van der Waals surface area (Å²) in [5, 5.41) is 0. The van der Waals surface area contributed by atoms with E-state index in [1.807, 2.05) is 0 Å². The predicted octanol–water partition coefficient (Wildman–Crippen LogP) is 1.75. The van der Waals surface area contributed by atoms with Gasteiger partial charge in [0.2, 0.25) is 5.78 Å². The minimum atomic E-state index is -0.865. The molecular formula is C17H13NO6. The Bertz CT molecular complexity index is 892. The fraction of sp³-hybridized carbons (Fsp3) is 0.176. The lowest BCUT2D eigenvalue weighted by Gasteiger charge is -2.14. The third-order valence-electron chi connectivity index (χ3n) is 3.74. The number of ether oxygens (including phenoxy) is 2. The Labute approximate surface area is 136 Å². The van der Waals surface area contributed by atoms with Gasteiger partial charge in [-0.1, -0.05) is 24.3 Å². The molecule has 1 heterocycles. The van der Waals surface area contributed by atoms with Crippen LogP contribution in [0.25, 0.3) is 0 Å². The van der Waals surface area contributed by atoms with Gasteiger partial charge in [0, 0.05) is 11.1 Å². The van der Waals surface area contributed by atoms with Crippen LogP contribution < -0.4 is 0 Å². The van der Waals surface area contributed by atoms with E-state index in [2.05, 4.69) is 9.72 Å². The predicted molar refractivity (Wildman–Crippen MR) is 81.4 cm³/mol. The molecule has 0 aliphatic heterocycles. The summed E-state index contributed by atoms with van der Waals surface area (Å²) in [6.07, 6.45) is 0. The molecule has 2 aromatic rings. The second-order valence-electron chi connectivity index (χ2n) is 5.04. The topological polar surface area (TPSA) is 103 Å². The normalized spacial score (nSPS) is 12.4. The molecule has 1 aromatic heterocycles. The van der Waals surface area contributed by atoms with E-state index in [0.717, 1.165) is 7.11 Å². The van der Waals surface area contributed by atoms with Crippen LogP contribution in [0.5, 0.6) is 0 Å². The van der Waals surface area contributed by atoms with Crippen molar-refractivity contribution in [1.29, 1.82) is 0 Å². The number of aromatic amines is 1. The number of hydrogen-bond acceptors (Lipinski definition) is 6. The van der Waals surface area contributed by atoms with E-state index in [0.29, 0.717) is 0 Å². The fourth-order valence-electron chi connectivity index (χ4n) is 2.71. The molecule has 7 heteroatoms. The zero-order chi connectivity index (χ0) is 17.4. The Kier molecular flexibility index (Phi) is 3.76. The molecule has 0 fully saturated rings. The first kappa shape index (κ1) is 15.7. The highest BCUT2D eigenvalue weighted by Crippen LogP contribution is 2.31. The molecule has 0 spiro atoms. The number of esters is 2. The smallest absolute Gasteiger partial charge is 0.355 e. The molecule has 1 aromatic carbocycles. The highest BCUT2D eigenvalue weighted by molar-refractivity contribution is 6.31. The molecule has 3 rings (SSSR count). The average Bonchev–Trinajstić information content (AvgIpc) is 3.00. The van der Waals surface area contributed by atoms with Gasteiger partial charge in [0.05, 0.1) is 25.0 Å². The van der Waals surface area contributed by atoms with Gasteiger partial charge in [-0.05, 0) is 6.92 Å². The van der Waals surface area contributed by atoms with Crippen LogP contribution in [-0.2, 0) is 9.47 Å². The molecule has 0 bridgehead atoms. The molecule has 122 valence electrons. The highest BCUT2D eigenvalue weighted by atomic mass is 16.5. The first-order valence-electron chi connectivity index (χ1n) is 7.21. The van der Waals surface area contributed by atoms with Crippen LogP contribution in [0.1, 0.15) is 59.7 Å². The minimum absolute atomic E-state index is 0.0537. The van der Waals surface area contributed by atoms with E-state index in [1.54, 1.807) is 19.1 Å². The van der Waals surface area contributed by atoms with Crippen LogP contribution in [-0.4, -0.2) is 42.2 Å². The van der Waals surface area contributed by atoms with Gasteiger partial charge >= 0.3 is 11.9 Å². The summed E-state index contributed by atoms with van der Waals surface area (Å²) in [5.41, 5.74) is -0.416. The van der Waals surface area contributed by atoms with Gasteiger partial charge in [0.15, 0.2) is 5.78 Å². The number of methoxy groups -OCH3 is 1. The second-order valence-corrected chi connectivity index (χ2v) is 5.04. The summed E-state index contributed by atoms with van der Waals surface area (Å²) in [5.74, 6) is -2.72. The Balaban J connectivity index is 2.29. The molecule has 0 unspecified atom stereocenters. The standard InChI is InChI=1S/C17H13NO6/c1-3-24-16(21)11-10-12(18-13(11)17(22)23-2)15(20)9-7-5-4-6-8(9)14(10)19/h4-7,18H,3H2,1-2H3. The number of carbonyl (C=O) groups is 4. The number of H-pyrrole nitrogens is 1. The van der Waals surface area contributed by atoms with Crippen LogP contribution in [0.15, 0.2) is 24.3 Å². The molecule has 24 heavy (non-hydrogen) atoms. The lowest BCUT2D eigenvalue weighted by molar-refractivity contribution is 0.0501. The highest BCUT2D eigenvalue weighted by Gasteiger charge is 2.39. The number of aromatic nitrogens is 1. The van der Waals surface area contributed by atoms with E-state index in [-0.39, 0.29) is 40.2 Å². The van der Waals surface area contributed by atoms with Crippen molar-refractivity contribution in [1.82, 2.24) is 4.98 Å². The molecule has 1 aliphatic rings. The van der Waals surface area contributed by atoms with E-state index in [4.69, 9.17) is 4.74 Å². The number of nitrogens with one attached hydrogen (secondary N) is 1. The van der Waals surface area contributed by atoms with E-state index in [1.165, 1.54) is 12.1 Å². The second kappa shape index (κ2) is 5.77. The average molecular weight is 327 g/mol. The van der Waals surface area contributed by atoms with Crippen molar-refractivity contribution in [3.05, 3.63) is 57.9 Å². The Morgan fingerprint density at radius 3 is 2.25 bits per heavy atom. The van der Waals surface area contributed by atoms with Crippen LogP contribution in [0, 0.1) is 0 Å². The van der Waals surface area contributed by atoms with Gasteiger partial charge in [0.25, 0.3) is 0 Å². The fourth-order valence-corrected chi connectivity index (χ4v) is 2.71. The lowest BCUT2D eigenvalue weighted by atomic mass is 9.86. The maximum atomic E-state index is 12.8. The molecule has 0 atom stereocenters. The third-order valence-corrected chi connectivity index (χ3v) is 3.74. The first-order valence-corrected chi connectivity index (χ1v) is 7.21. The van der Waals surface area contributed by atoms with E-state index >= 15 is 0 Å². The number of rotatable bonds is 3. The van der Waals surface area contributed by atoms with Crippen molar-refractivity contribution in [2.24, 2.45) is 0 Å². The van der Waals surface area contributed by atoms with Crippen LogP contribution in [0.2, 0.25) is 0 Å². The first-order chi connectivity index (χ1) is 11.5. The number of hydrogen-bond donors (Lipinski definition) is 1. The van der Waals surface area contributed by atoms with E-state index in [9.17, 15) is 19.2 Å². The maximum absolute atomic E-state index is 12.8. The molecule has 0 saturated carbocycles. The quantitative estimate of drug-likeness (QED) is 0.735. The van der Waals surface area contributed by atoms with Crippen LogP contribution in [0.3, 0.4) is 0 Å². The Hall–Kier alpha value is -3.22. The molecule has 0 saturated heterocycles. The zero-order valence-corrected chi connectivity index (χ0v) is 13.0. The number of ketones is 2. The zero-order valence-electron chi connectivity index (χ0n) is 13.0. The van der Waals surface area contributed by atoms with Crippen molar-refractivity contribution in [2.75, 3.05) is 13.7 Å². The molecule has 1 N–H and O–H groups in total. The van der Waals surface area contributed by atoms with Gasteiger partial charge in [-0.2, -0.15) is 0 Å². The SMILES string of the molecule is CCOC(=O)c1c(C(=O)OC)[nH]c2c1C(=O)c1ccccc1C2=O. The minimum Gasteiger partial charge on any atom is -0.464 e. The van der Waals surface area contributed by atoms with Gasteiger partial charge in [-0.3, -0.25) is 9.59 Å². The summed E-state index contributed by atoms with van der Waals surface area (Å²) < 4.78 is 9.56.